The highest BCUT2D eigenvalue weighted by Crippen LogP contribution is 2.25. The molecule has 0 unspecified atom stereocenters. The second kappa shape index (κ2) is 12.4. The largest absolute Gasteiger partial charge is 0.352 e. The molecule has 39 heavy (non-hydrogen) atoms. The molecule has 1 aliphatic rings. The molecule has 7 nitrogen and oxygen atoms in total. The molecular weight excluding hydrogens is 517 g/mol. The highest BCUT2D eigenvalue weighted by molar-refractivity contribution is 7.92. The summed E-state index contributed by atoms with van der Waals surface area (Å²) >= 11 is 0. The number of anilines is 1. The Balaban J connectivity index is 1.67. The quantitative estimate of drug-likeness (QED) is 0.392. The molecule has 3 aromatic rings. The van der Waals surface area contributed by atoms with E-state index in [1.54, 1.807) is 37.3 Å². The van der Waals surface area contributed by atoms with Crippen LogP contribution in [0.3, 0.4) is 0 Å². The second-order valence-electron chi connectivity index (χ2n) is 9.92. The Bertz CT molecular complexity index is 1390. The first-order valence-corrected chi connectivity index (χ1v) is 14.6. The summed E-state index contributed by atoms with van der Waals surface area (Å²) < 4.78 is 42.0. The van der Waals surface area contributed by atoms with Gasteiger partial charge in [-0.15, -0.1) is 0 Å². The van der Waals surface area contributed by atoms with Crippen LogP contribution in [0, 0.1) is 12.7 Å². The molecule has 1 saturated carbocycles. The minimum Gasteiger partial charge on any atom is -0.352 e. The van der Waals surface area contributed by atoms with Gasteiger partial charge in [-0.1, -0.05) is 55.3 Å². The lowest BCUT2D eigenvalue weighted by Crippen LogP contribution is -2.52. The summed E-state index contributed by atoms with van der Waals surface area (Å²) in [6, 6.07) is 19.6. The Morgan fingerprint density at radius 1 is 0.949 bits per heavy atom. The SMILES string of the molecule is Cc1ccccc1CN(C(=O)CN(c1ccccc1)S(=O)(=O)c1ccc(F)cc1)[C@H](C)C(=O)NC1CCCC1. The van der Waals surface area contributed by atoms with Gasteiger partial charge in [0.05, 0.1) is 10.6 Å². The molecule has 0 aromatic heterocycles. The number of sulfonamides is 1. The molecule has 9 heteroatoms. The third-order valence-corrected chi connectivity index (χ3v) is 8.98. The molecule has 0 heterocycles. The van der Waals surface area contributed by atoms with Gasteiger partial charge in [-0.2, -0.15) is 0 Å². The van der Waals surface area contributed by atoms with Gasteiger partial charge in [-0.05, 0) is 74.2 Å². The van der Waals surface area contributed by atoms with E-state index < -0.39 is 34.3 Å². The summed E-state index contributed by atoms with van der Waals surface area (Å²) in [5.41, 5.74) is 2.10. The normalized spacial score (nSPS) is 14.5. The van der Waals surface area contributed by atoms with E-state index in [4.69, 9.17) is 0 Å². The molecule has 1 atom stereocenters. The number of rotatable bonds is 10. The fourth-order valence-corrected chi connectivity index (χ4v) is 6.22. The number of halogens is 1. The minimum atomic E-state index is -4.23. The third-order valence-electron chi connectivity index (χ3n) is 7.20. The zero-order valence-corrected chi connectivity index (χ0v) is 23.0. The Hall–Kier alpha value is -3.72. The van der Waals surface area contributed by atoms with Crippen molar-refractivity contribution in [2.24, 2.45) is 0 Å². The van der Waals surface area contributed by atoms with Crippen LogP contribution < -0.4 is 9.62 Å². The zero-order chi connectivity index (χ0) is 28.0. The van der Waals surface area contributed by atoms with Crippen LogP contribution in [0.25, 0.3) is 0 Å². The molecule has 206 valence electrons. The lowest BCUT2D eigenvalue weighted by atomic mass is 10.1. The van der Waals surface area contributed by atoms with Crippen LogP contribution in [0.1, 0.15) is 43.7 Å². The van der Waals surface area contributed by atoms with Crippen molar-refractivity contribution in [2.75, 3.05) is 10.8 Å². The maximum absolute atomic E-state index is 13.9. The Kier molecular flexibility index (Phi) is 9.01. The topological polar surface area (TPSA) is 86.8 Å². The van der Waals surface area contributed by atoms with Crippen LogP contribution in [0.2, 0.25) is 0 Å². The lowest BCUT2D eigenvalue weighted by Gasteiger charge is -2.32. The molecule has 3 aromatic carbocycles. The van der Waals surface area contributed by atoms with Crippen molar-refractivity contribution in [1.29, 1.82) is 0 Å². The molecule has 1 N–H and O–H groups in total. The van der Waals surface area contributed by atoms with E-state index in [1.165, 1.54) is 17.0 Å². The van der Waals surface area contributed by atoms with E-state index >= 15 is 0 Å². The predicted molar refractivity (Wildman–Crippen MR) is 149 cm³/mol. The summed E-state index contributed by atoms with van der Waals surface area (Å²) in [7, 11) is -4.23. The number of aryl methyl sites for hydroxylation is 1. The average Bonchev–Trinajstić information content (AvgIpc) is 3.44. The van der Waals surface area contributed by atoms with E-state index in [0.29, 0.717) is 0 Å². The van der Waals surface area contributed by atoms with Crippen molar-refractivity contribution in [3.63, 3.8) is 0 Å². The number of para-hydroxylation sites is 1. The number of hydrogen-bond donors (Lipinski definition) is 1. The Morgan fingerprint density at radius 3 is 2.21 bits per heavy atom. The monoisotopic (exact) mass is 551 g/mol. The molecule has 0 saturated heterocycles. The Morgan fingerprint density at radius 2 is 1.56 bits per heavy atom. The van der Waals surface area contributed by atoms with Crippen LogP contribution in [0.4, 0.5) is 10.1 Å². The van der Waals surface area contributed by atoms with Gasteiger partial charge < -0.3 is 10.2 Å². The van der Waals surface area contributed by atoms with Gasteiger partial charge in [0.1, 0.15) is 18.4 Å². The van der Waals surface area contributed by atoms with Gasteiger partial charge in [0, 0.05) is 12.6 Å². The van der Waals surface area contributed by atoms with Gasteiger partial charge in [0.25, 0.3) is 10.0 Å². The molecule has 0 bridgehead atoms. The summed E-state index contributed by atoms with van der Waals surface area (Å²) in [6.07, 6.45) is 3.92. The first-order chi connectivity index (χ1) is 18.7. The molecule has 2 amide bonds. The fourth-order valence-electron chi connectivity index (χ4n) is 4.80. The first-order valence-electron chi connectivity index (χ1n) is 13.1. The maximum atomic E-state index is 13.9. The van der Waals surface area contributed by atoms with E-state index in [1.807, 2.05) is 31.2 Å². The van der Waals surface area contributed by atoms with Gasteiger partial charge in [0.2, 0.25) is 11.8 Å². The summed E-state index contributed by atoms with van der Waals surface area (Å²) in [6.45, 7) is 3.21. The van der Waals surface area contributed by atoms with Crippen LogP contribution in [0.5, 0.6) is 0 Å². The average molecular weight is 552 g/mol. The van der Waals surface area contributed by atoms with Gasteiger partial charge >= 0.3 is 0 Å². The van der Waals surface area contributed by atoms with Gasteiger partial charge in [-0.25, -0.2) is 12.8 Å². The molecule has 1 fully saturated rings. The number of hydrogen-bond acceptors (Lipinski definition) is 4. The molecule has 0 spiro atoms. The standard InChI is InChI=1S/C30H34FN3O4S/c1-22-10-6-7-11-24(22)20-33(23(2)30(36)32-26-12-8-9-13-26)29(35)21-34(27-14-4-3-5-15-27)39(37,38)28-18-16-25(31)17-19-28/h3-7,10-11,14-19,23,26H,8-9,12-13,20-21H2,1-2H3,(H,32,36)/t23-/m1/s1. The highest BCUT2D eigenvalue weighted by atomic mass is 32.2. The van der Waals surface area contributed by atoms with Crippen LogP contribution in [-0.4, -0.2) is 43.8 Å². The Labute approximate surface area is 229 Å². The molecule has 4 rings (SSSR count). The van der Waals surface area contributed by atoms with E-state index in [9.17, 15) is 22.4 Å². The van der Waals surface area contributed by atoms with E-state index in [0.717, 1.165) is 53.2 Å². The van der Waals surface area contributed by atoms with Crippen molar-refractivity contribution >= 4 is 27.5 Å². The van der Waals surface area contributed by atoms with E-state index in [2.05, 4.69) is 5.32 Å². The van der Waals surface area contributed by atoms with Crippen molar-refractivity contribution in [1.82, 2.24) is 10.2 Å². The third kappa shape index (κ3) is 6.84. The van der Waals surface area contributed by atoms with Crippen LogP contribution in [-0.2, 0) is 26.2 Å². The van der Waals surface area contributed by atoms with Crippen LogP contribution in [0.15, 0.2) is 83.8 Å². The van der Waals surface area contributed by atoms with Gasteiger partial charge in [0.15, 0.2) is 0 Å². The second-order valence-corrected chi connectivity index (χ2v) is 11.8. The predicted octanol–water partition coefficient (Wildman–Crippen LogP) is 4.81. The van der Waals surface area contributed by atoms with Gasteiger partial charge in [-0.3, -0.25) is 13.9 Å². The minimum absolute atomic E-state index is 0.0787. The van der Waals surface area contributed by atoms with Crippen molar-refractivity contribution < 1.29 is 22.4 Å². The first kappa shape index (κ1) is 28.3. The number of carbonyl (C=O) groups excluding carboxylic acids is 2. The lowest BCUT2D eigenvalue weighted by molar-refractivity contribution is -0.139. The number of carbonyl (C=O) groups is 2. The fraction of sp³-hybridized carbons (Fsp3) is 0.333. The number of nitrogens with one attached hydrogen (secondary N) is 1. The summed E-state index contributed by atoms with van der Waals surface area (Å²) in [4.78, 5) is 28.5. The molecule has 0 aliphatic heterocycles. The molecule has 0 radical (unpaired) electrons. The van der Waals surface area contributed by atoms with Crippen molar-refractivity contribution in [3.05, 3.63) is 95.8 Å². The summed E-state index contributed by atoms with van der Waals surface area (Å²) in [5.74, 6) is -1.36. The van der Waals surface area contributed by atoms with E-state index in [-0.39, 0.29) is 29.1 Å². The van der Waals surface area contributed by atoms with Crippen molar-refractivity contribution in [3.8, 4) is 0 Å². The smallest absolute Gasteiger partial charge is 0.264 e. The molecular formula is C30H34FN3O4S. The number of amides is 2. The number of benzene rings is 3. The summed E-state index contributed by atoms with van der Waals surface area (Å²) in [5, 5.41) is 3.06. The van der Waals surface area contributed by atoms with Crippen molar-refractivity contribution in [2.45, 2.75) is 63.1 Å². The highest BCUT2D eigenvalue weighted by Gasteiger charge is 2.33. The van der Waals surface area contributed by atoms with Crippen LogP contribution >= 0.6 is 0 Å². The maximum Gasteiger partial charge on any atom is 0.264 e. The zero-order valence-electron chi connectivity index (χ0n) is 22.2. The molecule has 1 aliphatic carbocycles. The number of nitrogens with zero attached hydrogens (tertiary/aromatic N) is 2.